The number of carbonyl (C=O) groups excluding carboxylic acids is 2. The van der Waals surface area contributed by atoms with Crippen molar-refractivity contribution in [3.05, 3.63) is 17.8 Å². The zero-order valence-corrected chi connectivity index (χ0v) is 9.47. The van der Waals surface area contributed by atoms with Crippen LogP contribution in [0.1, 0.15) is 23.2 Å². The van der Waals surface area contributed by atoms with Gasteiger partial charge in [-0.2, -0.15) is 0 Å². The molecule has 1 saturated heterocycles. The van der Waals surface area contributed by atoms with Gasteiger partial charge in [-0.3, -0.25) is 4.79 Å². The fourth-order valence-corrected chi connectivity index (χ4v) is 1.81. The topological polar surface area (TPSA) is 85.5 Å². The molecule has 0 aromatic carbocycles. The molecular formula is C11H13N3O3. The Kier molecular flexibility index (Phi) is 2.95. The van der Waals surface area contributed by atoms with E-state index in [0.29, 0.717) is 18.7 Å². The number of esters is 1. The van der Waals surface area contributed by atoms with Gasteiger partial charge in [0.1, 0.15) is 11.4 Å². The Hall–Kier alpha value is -2.11. The molecule has 0 aliphatic carbocycles. The summed E-state index contributed by atoms with van der Waals surface area (Å²) in [4.78, 5) is 28.5. The number of rotatable bonds is 2. The number of nitrogen functional groups attached to an aromatic ring is 1. The number of hydrogen-bond acceptors (Lipinski definition) is 5. The Morgan fingerprint density at radius 3 is 2.94 bits per heavy atom. The second-order valence-electron chi connectivity index (χ2n) is 3.77. The Bertz CT molecular complexity index is 473. The molecule has 1 aliphatic heterocycles. The SMILES string of the molecule is COC(=O)c1cc(N2CCCC2=O)cnc1N. The van der Waals surface area contributed by atoms with Gasteiger partial charge in [-0.1, -0.05) is 0 Å². The highest BCUT2D eigenvalue weighted by Crippen LogP contribution is 2.23. The number of hydrogen-bond donors (Lipinski definition) is 1. The van der Waals surface area contributed by atoms with Gasteiger partial charge < -0.3 is 15.4 Å². The van der Waals surface area contributed by atoms with E-state index in [1.165, 1.54) is 19.4 Å². The summed E-state index contributed by atoms with van der Waals surface area (Å²) in [6.45, 7) is 0.644. The lowest BCUT2D eigenvalue weighted by Gasteiger charge is -2.16. The molecule has 6 heteroatoms. The molecule has 1 aromatic rings. The molecule has 0 radical (unpaired) electrons. The third-order valence-corrected chi connectivity index (χ3v) is 2.69. The zero-order chi connectivity index (χ0) is 12.4. The fourth-order valence-electron chi connectivity index (χ4n) is 1.81. The molecule has 1 fully saturated rings. The molecule has 0 bridgehead atoms. The average Bonchev–Trinajstić information content (AvgIpc) is 2.75. The normalized spacial score (nSPS) is 15.1. The number of methoxy groups -OCH3 is 1. The second kappa shape index (κ2) is 4.40. The number of carbonyl (C=O) groups is 2. The average molecular weight is 235 g/mol. The minimum Gasteiger partial charge on any atom is -0.465 e. The molecule has 1 aromatic heterocycles. The molecule has 6 nitrogen and oxygen atoms in total. The standard InChI is InChI=1S/C11H13N3O3/c1-17-11(16)8-5-7(6-13-10(8)12)14-4-2-3-9(14)15/h5-6H,2-4H2,1H3,(H2,12,13). The predicted octanol–water partition coefficient (Wildman–Crippen LogP) is 0.577. The van der Waals surface area contributed by atoms with Gasteiger partial charge in [0.15, 0.2) is 0 Å². The summed E-state index contributed by atoms with van der Waals surface area (Å²) in [5, 5.41) is 0. The predicted molar refractivity (Wildman–Crippen MR) is 61.6 cm³/mol. The van der Waals surface area contributed by atoms with Crippen LogP contribution in [0.4, 0.5) is 11.5 Å². The lowest BCUT2D eigenvalue weighted by molar-refractivity contribution is -0.117. The number of amides is 1. The van der Waals surface area contributed by atoms with Gasteiger partial charge >= 0.3 is 5.97 Å². The molecule has 0 spiro atoms. The minimum absolute atomic E-state index is 0.0346. The van der Waals surface area contributed by atoms with Crippen LogP contribution in [0.25, 0.3) is 0 Å². The number of ether oxygens (including phenoxy) is 1. The van der Waals surface area contributed by atoms with Gasteiger partial charge in [-0.25, -0.2) is 9.78 Å². The summed E-state index contributed by atoms with van der Waals surface area (Å²) in [5.41, 5.74) is 6.35. The van der Waals surface area contributed by atoms with Crippen molar-refractivity contribution >= 4 is 23.4 Å². The first-order valence-corrected chi connectivity index (χ1v) is 5.27. The molecule has 2 rings (SSSR count). The van der Waals surface area contributed by atoms with Gasteiger partial charge in [0.05, 0.1) is 19.0 Å². The van der Waals surface area contributed by atoms with Crippen molar-refractivity contribution in [2.75, 3.05) is 24.3 Å². The Morgan fingerprint density at radius 1 is 1.59 bits per heavy atom. The van der Waals surface area contributed by atoms with E-state index in [2.05, 4.69) is 9.72 Å². The van der Waals surface area contributed by atoms with Gasteiger partial charge in [0.2, 0.25) is 5.91 Å². The van der Waals surface area contributed by atoms with Gasteiger partial charge in [0.25, 0.3) is 0 Å². The third kappa shape index (κ3) is 2.06. The number of nitrogens with two attached hydrogens (primary N) is 1. The smallest absolute Gasteiger partial charge is 0.341 e. The minimum atomic E-state index is -0.552. The summed E-state index contributed by atoms with van der Waals surface area (Å²) in [7, 11) is 1.27. The molecule has 90 valence electrons. The first-order valence-electron chi connectivity index (χ1n) is 5.27. The van der Waals surface area contributed by atoms with E-state index in [4.69, 9.17) is 5.73 Å². The third-order valence-electron chi connectivity index (χ3n) is 2.69. The molecule has 0 saturated carbocycles. The molecule has 1 aliphatic rings. The summed E-state index contributed by atoms with van der Waals surface area (Å²) >= 11 is 0. The first kappa shape index (κ1) is 11.4. The zero-order valence-electron chi connectivity index (χ0n) is 9.47. The Labute approximate surface area is 98.4 Å². The maximum Gasteiger partial charge on any atom is 0.341 e. The lowest BCUT2D eigenvalue weighted by Crippen LogP contribution is -2.24. The van der Waals surface area contributed by atoms with Crippen molar-refractivity contribution < 1.29 is 14.3 Å². The van der Waals surface area contributed by atoms with Crippen LogP contribution in [0, 0.1) is 0 Å². The molecule has 1 amide bonds. The molecule has 2 N–H and O–H groups in total. The van der Waals surface area contributed by atoms with Gasteiger partial charge in [-0.15, -0.1) is 0 Å². The highest BCUT2D eigenvalue weighted by molar-refractivity contribution is 5.99. The summed E-state index contributed by atoms with van der Waals surface area (Å²) < 4.78 is 4.60. The number of aromatic nitrogens is 1. The van der Waals surface area contributed by atoms with E-state index in [9.17, 15) is 9.59 Å². The van der Waals surface area contributed by atoms with Crippen molar-refractivity contribution in [2.24, 2.45) is 0 Å². The van der Waals surface area contributed by atoms with Crippen LogP contribution in [-0.2, 0) is 9.53 Å². The number of pyridine rings is 1. The van der Waals surface area contributed by atoms with Crippen LogP contribution in [0.5, 0.6) is 0 Å². The highest BCUT2D eigenvalue weighted by atomic mass is 16.5. The van der Waals surface area contributed by atoms with Crippen molar-refractivity contribution in [1.29, 1.82) is 0 Å². The van der Waals surface area contributed by atoms with Crippen LogP contribution < -0.4 is 10.6 Å². The summed E-state index contributed by atoms with van der Waals surface area (Å²) in [5.74, 6) is -0.414. The van der Waals surface area contributed by atoms with Crippen LogP contribution >= 0.6 is 0 Å². The van der Waals surface area contributed by atoms with E-state index in [1.54, 1.807) is 4.90 Å². The molecular weight excluding hydrogens is 222 g/mol. The Balaban J connectivity index is 2.37. The highest BCUT2D eigenvalue weighted by Gasteiger charge is 2.23. The quantitative estimate of drug-likeness (QED) is 0.758. The lowest BCUT2D eigenvalue weighted by atomic mass is 10.2. The van der Waals surface area contributed by atoms with E-state index < -0.39 is 5.97 Å². The van der Waals surface area contributed by atoms with Crippen molar-refractivity contribution in [3.63, 3.8) is 0 Å². The van der Waals surface area contributed by atoms with E-state index in [-0.39, 0.29) is 17.3 Å². The van der Waals surface area contributed by atoms with Crippen molar-refractivity contribution in [2.45, 2.75) is 12.8 Å². The van der Waals surface area contributed by atoms with Crippen LogP contribution in [0.3, 0.4) is 0 Å². The number of anilines is 2. The summed E-state index contributed by atoms with van der Waals surface area (Å²) in [6, 6.07) is 1.54. The van der Waals surface area contributed by atoms with Crippen LogP contribution in [0.15, 0.2) is 12.3 Å². The van der Waals surface area contributed by atoms with E-state index in [1.807, 2.05) is 0 Å². The molecule has 0 unspecified atom stereocenters. The van der Waals surface area contributed by atoms with Gasteiger partial charge in [-0.05, 0) is 12.5 Å². The second-order valence-corrected chi connectivity index (χ2v) is 3.77. The van der Waals surface area contributed by atoms with E-state index >= 15 is 0 Å². The monoisotopic (exact) mass is 235 g/mol. The number of nitrogens with zero attached hydrogens (tertiary/aromatic N) is 2. The van der Waals surface area contributed by atoms with Crippen molar-refractivity contribution in [3.8, 4) is 0 Å². The largest absolute Gasteiger partial charge is 0.465 e. The van der Waals surface area contributed by atoms with Gasteiger partial charge in [0, 0.05) is 13.0 Å². The molecule has 0 atom stereocenters. The van der Waals surface area contributed by atoms with E-state index in [0.717, 1.165) is 6.42 Å². The first-order chi connectivity index (χ1) is 8.13. The summed E-state index contributed by atoms with van der Waals surface area (Å²) in [6.07, 6.45) is 2.83. The molecule has 17 heavy (non-hydrogen) atoms. The molecule has 2 heterocycles. The fraction of sp³-hybridized carbons (Fsp3) is 0.364. The van der Waals surface area contributed by atoms with Crippen molar-refractivity contribution in [1.82, 2.24) is 4.98 Å². The van der Waals surface area contributed by atoms with Crippen LogP contribution in [-0.4, -0.2) is 30.5 Å². The Morgan fingerprint density at radius 2 is 2.35 bits per heavy atom. The maximum absolute atomic E-state index is 11.6. The van der Waals surface area contributed by atoms with Crippen LogP contribution in [0.2, 0.25) is 0 Å². The maximum atomic E-state index is 11.6.